The summed E-state index contributed by atoms with van der Waals surface area (Å²) in [5.41, 5.74) is 0.852. The fourth-order valence-electron chi connectivity index (χ4n) is 3.94. The first-order valence-electron chi connectivity index (χ1n) is 7.56. The van der Waals surface area contributed by atoms with Gasteiger partial charge < -0.3 is 9.47 Å². The van der Waals surface area contributed by atoms with Crippen LogP contribution in [-0.4, -0.2) is 31.5 Å². The van der Waals surface area contributed by atoms with Gasteiger partial charge in [-0.2, -0.15) is 0 Å². The molecule has 3 aliphatic rings. The average Bonchev–Trinajstić information content (AvgIpc) is 3.01. The van der Waals surface area contributed by atoms with Crippen molar-refractivity contribution in [1.82, 2.24) is 0 Å². The first-order chi connectivity index (χ1) is 11.2. The van der Waals surface area contributed by atoms with E-state index in [1.54, 1.807) is 0 Å². The zero-order chi connectivity index (χ0) is 16.0. The molecule has 0 aromatic heterocycles. The van der Waals surface area contributed by atoms with Crippen LogP contribution in [0.2, 0.25) is 5.02 Å². The highest BCUT2D eigenvalue weighted by molar-refractivity contribution is 6.30. The molecule has 1 aliphatic carbocycles. The van der Waals surface area contributed by atoms with Crippen molar-refractivity contribution < 1.29 is 14.3 Å². The number of allylic oxidation sites excluding steroid dienone is 3. The van der Waals surface area contributed by atoms with Crippen LogP contribution in [0.15, 0.2) is 53.6 Å². The molecule has 2 heterocycles. The molecule has 118 valence electrons. The molecule has 1 saturated heterocycles. The number of aliphatic imine (C=N–C) groups is 1. The van der Waals surface area contributed by atoms with Gasteiger partial charge in [-0.1, -0.05) is 42.0 Å². The van der Waals surface area contributed by atoms with E-state index in [9.17, 15) is 4.79 Å². The molecule has 1 aromatic carbocycles. The molecule has 0 bridgehead atoms. The number of rotatable bonds is 2. The van der Waals surface area contributed by atoms with Gasteiger partial charge in [-0.25, -0.2) is 0 Å². The molecule has 1 fully saturated rings. The van der Waals surface area contributed by atoms with Gasteiger partial charge in [0, 0.05) is 10.9 Å². The molecular weight excluding hydrogens is 314 g/mol. The summed E-state index contributed by atoms with van der Waals surface area (Å²) in [4.78, 5) is 17.6. The van der Waals surface area contributed by atoms with E-state index in [0.717, 1.165) is 11.3 Å². The van der Waals surface area contributed by atoms with E-state index in [-0.39, 0.29) is 24.0 Å². The Morgan fingerprint density at radius 2 is 2.30 bits per heavy atom. The number of carbonyl (C=O) groups excluding carboxylic acids is 1. The number of nitrogens with zero attached hydrogens (tertiary/aromatic N) is 1. The Morgan fingerprint density at radius 1 is 1.43 bits per heavy atom. The maximum Gasteiger partial charge on any atom is 0.321 e. The van der Waals surface area contributed by atoms with E-state index in [0.29, 0.717) is 11.6 Å². The number of esters is 1. The van der Waals surface area contributed by atoms with Gasteiger partial charge in [0.2, 0.25) is 0 Å². The molecule has 0 amide bonds. The van der Waals surface area contributed by atoms with Crippen LogP contribution in [0.1, 0.15) is 11.6 Å². The van der Waals surface area contributed by atoms with Gasteiger partial charge in [-0.05, 0) is 23.8 Å². The number of hydrogen-bond donors (Lipinski definition) is 0. The van der Waals surface area contributed by atoms with Crippen LogP contribution in [0.3, 0.4) is 0 Å². The van der Waals surface area contributed by atoms with E-state index >= 15 is 0 Å². The molecule has 1 aromatic rings. The van der Waals surface area contributed by atoms with E-state index < -0.39 is 5.41 Å². The Bertz CT molecular complexity index is 754. The Kier molecular flexibility index (Phi) is 3.39. The third kappa shape index (κ3) is 1.95. The average molecular weight is 330 g/mol. The van der Waals surface area contributed by atoms with Crippen molar-refractivity contribution in [3.05, 3.63) is 59.2 Å². The van der Waals surface area contributed by atoms with Crippen molar-refractivity contribution in [3.8, 4) is 0 Å². The zero-order valence-electron chi connectivity index (χ0n) is 12.6. The van der Waals surface area contributed by atoms with Crippen molar-refractivity contribution in [2.45, 2.75) is 12.1 Å². The summed E-state index contributed by atoms with van der Waals surface area (Å²) >= 11 is 6.13. The van der Waals surface area contributed by atoms with Gasteiger partial charge in [0.25, 0.3) is 0 Å². The number of methoxy groups -OCH3 is 1. The van der Waals surface area contributed by atoms with Crippen molar-refractivity contribution in [1.29, 1.82) is 0 Å². The fourth-order valence-corrected chi connectivity index (χ4v) is 4.14. The highest BCUT2D eigenvalue weighted by Crippen LogP contribution is 2.55. The van der Waals surface area contributed by atoms with Gasteiger partial charge in [0.15, 0.2) is 0 Å². The molecule has 0 saturated carbocycles. The number of benzene rings is 1. The first kappa shape index (κ1) is 14.7. The van der Waals surface area contributed by atoms with Crippen LogP contribution in [0.25, 0.3) is 0 Å². The van der Waals surface area contributed by atoms with E-state index in [1.807, 2.05) is 48.6 Å². The molecule has 0 unspecified atom stereocenters. The monoisotopic (exact) mass is 329 g/mol. The van der Waals surface area contributed by atoms with Gasteiger partial charge in [-0.3, -0.25) is 9.79 Å². The molecule has 0 spiro atoms. The first-order valence-corrected chi connectivity index (χ1v) is 7.94. The standard InChI is InChI=1S/C18H16ClNO3/c1-22-17(21)18-13-10-23-15(18)8-3-2-7-14(18)20-16(13)11-5-4-6-12(19)9-11/h2-9,13,15-16H,10H2,1H3/t13-,15+,16+,18+/m1/s1. The molecule has 0 radical (unpaired) electrons. The predicted molar refractivity (Wildman–Crippen MR) is 87.6 cm³/mol. The van der Waals surface area contributed by atoms with Crippen LogP contribution < -0.4 is 0 Å². The largest absolute Gasteiger partial charge is 0.468 e. The summed E-state index contributed by atoms with van der Waals surface area (Å²) < 4.78 is 11.1. The lowest BCUT2D eigenvalue weighted by molar-refractivity contribution is -0.151. The fraction of sp³-hybridized carbons (Fsp3) is 0.333. The maximum atomic E-state index is 12.8. The lowest BCUT2D eigenvalue weighted by atomic mass is 9.69. The summed E-state index contributed by atoms with van der Waals surface area (Å²) in [6.45, 7) is 0.460. The van der Waals surface area contributed by atoms with Crippen LogP contribution in [0.4, 0.5) is 0 Å². The Hall–Kier alpha value is -1.91. The van der Waals surface area contributed by atoms with Gasteiger partial charge in [0.1, 0.15) is 5.41 Å². The van der Waals surface area contributed by atoms with Gasteiger partial charge in [-0.15, -0.1) is 0 Å². The third-order valence-electron chi connectivity index (χ3n) is 4.94. The SMILES string of the molecule is COC(=O)[C@]12C3=N[C@@H](c4cccc(Cl)c4)[C@H]1CO[C@H]2C=CC=C3. The minimum atomic E-state index is -0.870. The summed E-state index contributed by atoms with van der Waals surface area (Å²) in [7, 11) is 1.42. The minimum absolute atomic E-state index is 0.0965. The molecule has 4 atom stereocenters. The molecular formula is C18H16ClNO3. The summed E-state index contributed by atoms with van der Waals surface area (Å²) in [5, 5.41) is 0.660. The van der Waals surface area contributed by atoms with Crippen LogP contribution in [-0.2, 0) is 14.3 Å². The van der Waals surface area contributed by atoms with Crippen molar-refractivity contribution >= 4 is 23.3 Å². The summed E-state index contributed by atoms with van der Waals surface area (Å²) in [6.07, 6.45) is 7.24. The third-order valence-corrected chi connectivity index (χ3v) is 5.17. The van der Waals surface area contributed by atoms with E-state index in [1.165, 1.54) is 7.11 Å². The normalized spacial score (nSPS) is 34.0. The van der Waals surface area contributed by atoms with E-state index in [4.69, 9.17) is 26.1 Å². The Labute approximate surface area is 139 Å². The number of carbonyl (C=O) groups is 1. The van der Waals surface area contributed by atoms with Crippen molar-refractivity contribution in [2.75, 3.05) is 13.7 Å². The zero-order valence-corrected chi connectivity index (χ0v) is 13.4. The smallest absolute Gasteiger partial charge is 0.321 e. The highest BCUT2D eigenvalue weighted by Gasteiger charge is 2.65. The summed E-state index contributed by atoms with van der Waals surface area (Å²) in [6, 6.07) is 7.46. The summed E-state index contributed by atoms with van der Waals surface area (Å²) in [5.74, 6) is -0.384. The Balaban J connectivity index is 1.87. The quantitative estimate of drug-likeness (QED) is 0.783. The van der Waals surface area contributed by atoms with Gasteiger partial charge >= 0.3 is 5.97 Å². The Morgan fingerprint density at radius 3 is 3.09 bits per heavy atom. The van der Waals surface area contributed by atoms with Crippen LogP contribution >= 0.6 is 11.6 Å². The van der Waals surface area contributed by atoms with Crippen molar-refractivity contribution in [2.24, 2.45) is 16.3 Å². The van der Waals surface area contributed by atoms with Crippen LogP contribution in [0, 0.1) is 11.3 Å². The molecule has 4 rings (SSSR count). The van der Waals surface area contributed by atoms with E-state index in [2.05, 4.69) is 0 Å². The molecule has 23 heavy (non-hydrogen) atoms. The molecule has 4 nitrogen and oxygen atoms in total. The predicted octanol–water partition coefficient (Wildman–Crippen LogP) is 3.14. The maximum absolute atomic E-state index is 12.8. The minimum Gasteiger partial charge on any atom is -0.468 e. The molecule has 2 aliphatic heterocycles. The van der Waals surface area contributed by atoms with Gasteiger partial charge in [0.05, 0.1) is 31.6 Å². The second kappa shape index (κ2) is 5.32. The number of hydrogen-bond acceptors (Lipinski definition) is 4. The lowest BCUT2D eigenvalue weighted by Crippen LogP contribution is -2.47. The van der Waals surface area contributed by atoms with Crippen LogP contribution in [0.5, 0.6) is 0 Å². The second-order valence-corrected chi connectivity index (χ2v) is 6.42. The lowest BCUT2D eigenvalue weighted by Gasteiger charge is -2.30. The number of halogens is 1. The molecule has 5 heteroatoms. The number of ether oxygens (including phenoxy) is 2. The highest BCUT2D eigenvalue weighted by atomic mass is 35.5. The second-order valence-electron chi connectivity index (χ2n) is 5.98. The topological polar surface area (TPSA) is 47.9 Å². The molecule has 0 N–H and O–H groups in total. The van der Waals surface area contributed by atoms with Crippen molar-refractivity contribution in [3.63, 3.8) is 0 Å².